The minimum Gasteiger partial charge on any atom is -0.308 e. The molecule has 2 N–H and O–H groups in total. The molecule has 0 spiro atoms. The van der Waals surface area contributed by atoms with Crippen LogP contribution >= 0.6 is 0 Å². The quantitative estimate of drug-likeness (QED) is 0.680. The van der Waals surface area contributed by atoms with Gasteiger partial charge in [0.1, 0.15) is 6.04 Å². The Bertz CT molecular complexity index is 885. The molecular formula is C21H24N5O+. The molecule has 1 aliphatic rings. The Balaban J connectivity index is 1.59. The largest absolute Gasteiger partial charge is 0.326 e. The van der Waals surface area contributed by atoms with Gasteiger partial charge in [-0.1, -0.05) is 47.5 Å². The zero-order valence-electron chi connectivity index (χ0n) is 15.2. The summed E-state index contributed by atoms with van der Waals surface area (Å²) in [6.07, 6.45) is 7.95. The summed E-state index contributed by atoms with van der Waals surface area (Å²) in [6, 6.07) is 19.4. The van der Waals surface area contributed by atoms with E-state index >= 15 is 0 Å². The molecule has 0 atom stereocenters. The molecular weight excluding hydrogens is 338 g/mol. The molecule has 4 rings (SSSR count). The number of amides is 2. The zero-order valence-corrected chi connectivity index (χ0v) is 15.2. The fraction of sp³-hybridized carbons (Fsp3) is 0.286. The van der Waals surface area contributed by atoms with Crippen LogP contribution in [0.2, 0.25) is 0 Å². The Labute approximate surface area is 158 Å². The van der Waals surface area contributed by atoms with Gasteiger partial charge in [-0.15, -0.1) is 4.68 Å². The van der Waals surface area contributed by atoms with E-state index in [4.69, 9.17) is 5.21 Å². The third-order valence-corrected chi connectivity index (χ3v) is 4.90. The molecule has 138 valence electrons. The summed E-state index contributed by atoms with van der Waals surface area (Å²) in [5.41, 5.74) is 1.67. The Morgan fingerprint density at radius 3 is 2.30 bits per heavy atom. The highest BCUT2D eigenvalue weighted by Crippen LogP contribution is 2.24. The number of hydrogen-bond donors (Lipinski definition) is 2. The van der Waals surface area contributed by atoms with E-state index in [2.05, 4.69) is 10.6 Å². The molecule has 3 aromatic rings. The number of carbonyl (C=O) groups excluding carboxylic acids is 1. The first-order valence-electron chi connectivity index (χ1n) is 9.49. The van der Waals surface area contributed by atoms with Gasteiger partial charge >= 0.3 is 6.03 Å². The minimum absolute atomic E-state index is 0.283. The minimum atomic E-state index is -0.283. The van der Waals surface area contributed by atoms with Crippen molar-refractivity contribution in [1.82, 2.24) is 9.90 Å². The fourth-order valence-electron chi connectivity index (χ4n) is 3.53. The summed E-state index contributed by atoms with van der Waals surface area (Å²) in [5, 5.41) is 10.6. The second-order valence-electron chi connectivity index (χ2n) is 6.87. The van der Waals surface area contributed by atoms with E-state index in [1.165, 1.54) is 19.3 Å². The predicted molar refractivity (Wildman–Crippen MR) is 105 cm³/mol. The number of aromatic nitrogens is 3. The lowest BCUT2D eigenvalue weighted by Gasteiger charge is -2.16. The van der Waals surface area contributed by atoms with E-state index in [-0.39, 0.29) is 6.03 Å². The third kappa shape index (κ3) is 4.16. The van der Waals surface area contributed by atoms with E-state index in [0.29, 0.717) is 11.9 Å². The van der Waals surface area contributed by atoms with Crippen LogP contribution in [-0.4, -0.2) is 15.9 Å². The maximum absolute atomic E-state index is 12.5. The van der Waals surface area contributed by atoms with Crippen LogP contribution in [0.25, 0.3) is 5.69 Å². The van der Waals surface area contributed by atoms with Crippen LogP contribution in [0.3, 0.4) is 0 Å². The smallest absolute Gasteiger partial charge is 0.308 e. The van der Waals surface area contributed by atoms with Gasteiger partial charge < -0.3 is 5.32 Å². The maximum Gasteiger partial charge on any atom is 0.326 e. The van der Waals surface area contributed by atoms with E-state index in [1.807, 2.05) is 71.5 Å². The van der Waals surface area contributed by atoms with Crippen LogP contribution in [0.15, 0.2) is 66.9 Å². The molecule has 1 aromatic heterocycles. The van der Waals surface area contributed by atoms with Crippen molar-refractivity contribution in [1.29, 1.82) is 0 Å². The van der Waals surface area contributed by atoms with Gasteiger partial charge in [0.15, 0.2) is 11.9 Å². The molecule has 27 heavy (non-hydrogen) atoms. The van der Waals surface area contributed by atoms with Crippen LogP contribution in [0, 0.1) is 0 Å². The van der Waals surface area contributed by atoms with Gasteiger partial charge in [-0.05, 0) is 49.9 Å². The van der Waals surface area contributed by atoms with E-state index in [1.54, 1.807) is 4.68 Å². The molecule has 6 nitrogen and oxygen atoms in total. The SMILES string of the molecule is O=C(Nc1ccccc1)Nc1c[n+](C2CCCCC2)nn1-c1ccccc1. The number of benzene rings is 2. The van der Waals surface area contributed by atoms with Crippen molar-refractivity contribution in [3.05, 3.63) is 66.9 Å². The van der Waals surface area contributed by atoms with E-state index in [0.717, 1.165) is 24.2 Å². The van der Waals surface area contributed by atoms with Crippen molar-refractivity contribution in [2.45, 2.75) is 38.1 Å². The molecule has 1 saturated carbocycles. The Kier molecular flexibility index (Phi) is 5.14. The Morgan fingerprint density at radius 2 is 1.59 bits per heavy atom. The number of urea groups is 1. The molecule has 2 amide bonds. The van der Waals surface area contributed by atoms with Gasteiger partial charge in [-0.25, -0.2) is 4.79 Å². The summed E-state index contributed by atoms with van der Waals surface area (Å²) in [5.74, 6) is 0.653. The van der Waals surface area contributed by atoms with Crippen LogP contribution < -0.4 is 15.3 Å². The summed E-state index contributed by atoms with van der Waals surface area (Å²) in [4.78, 5) is 12.5. The topological polar surface area (TPSA) is 62.8 Å². The fourth-order valence-corrected chi connectivity index (χ4v) is 3.53. The van der Waals surface area contributed by atoms with Gasteiger partial charge in [0.05, 0.1) is 5.21 Å². The van der Waals surface area contributed by atoms with Crippen LogP contribution in [0.5, 0.6) is 0 Å². The van der Waals surface area contributed by atoms with Gasteiger partial charge in [0.25, 0.3) is 5.82 Å². The number of hydrogen-bond acceptors (Lipinski definition) is 2. The first-order valence-corrected chi connectivity index (χ1v) is 9.49. The predicted octanol–water partition coefficient (Wildman–Crippen LogP) is 4.31. The van der Waals surface area contributed by atoms with E-state index < -0.39 is 0 Å². The van der Waals surface area contributed by atoms with Crippen molar-refractivity contribution < 1.29 is 9.48 Å². The number of nitrogens with zero attached hydrogens (tertiary/aromatic N) is 3. The van der Waals surface area contributed by atoms with Crippen LogP contribution in [0.4, 0.5) is 16.3 Å². The lowest BCUT2D eigenvalue weighted by atomic mass is 9.96. The molecule has 6 heteroatoms. The molecule has 0 unspecified atom stereocenters. The van der Waals surface area contributed by atoms with E-state index in [9.17, 15) is 4.79 Å². The number of nitrogens with one attached hydrogen (secondary N) is 2. The third-order valence-electron chi connectivity index (χ3n) is 4.90. The average molecular weight is 362 g/mol. The molecule has 0 radical (unpaired) electrons. The Morgan fingerprint density at radius 1 is 0.926 bits per heavy atom. The van der Waals surface area contributed by atoms with Gasteiger partial charge in [0, 0.05) is 5.69 Å². The first-order chi connectivity index (χ1) is 13.3. The number of anilines is 2. The zero-order chi connectivity index (χ0) is 18.5. The summed E-state index contributed by atoms with van der Waals surface area (Å²) < 4.78 is 3.80. The molecule has 2 aromatic carbocycles. The molecule has 0 bridgehead atoms. The van der Waals surface area contributed by atoms with Crippen molar-refractivity contribution >= 4 is 17.5 Å². The molecule has 0 saturated heterocycles. The second-order valence-corrected chi connectivity index (χ2v) is 6.87. The number of para-hydroxylation sites is 2. The summed E-state index contributed by atoms with van der Waals surface area (Å²) in [7, 11) is 0. The first kappa shape index (κ1) is 17.3. The average Bonchev–Trinajstić information content (AvgIpc) is 3.14. The Hall–Kier alpha value is -3.15. The molecule has 1 fully saturated rings. The summed E-state index contributed by atoms with van der Waals surface area (Å²) in [6.45, 7) is 0. The van der Waals surface area contributed by atoms with Crippen molar-refractivity contribution in [3.63, 3.8) is 0 Å². The van der Waals surface area contributed by atoms with Crippen LogP contribution in [0.1, 0.15) is 38.1 Å². The molecule has 1 aliphatic carbocycles. The van der Waals surface area contributed by atoms with Gasteiger partial charge in [0.2, 0.25) is 0 Å². The lowest BCUT2D eigenvalue weighted by molar-refractivity contribution is -0.780. The highest BCUT2D eigenvalue weighted by atomic mass is 16.2. The number of carbonyl (C=O) groups is 1. The van der Waals surface area contributed by atoms with Crippen molar-refractivity contribution in [3.8, 4) is 5.69 Å². The highest BCUT2D eigenvalue weighted by molar-refractivity contribution is 5.99. The maximum atomic E-state index is 12.5. The standard InChI is InChI=1S/C21H23N5O/c27-21(22-17-10-4-1-5-11-17)23-20-16-25(18-12-6-2-7-13-18)24-26(20)19-14-8-3-9-15-19/h1,3-5,8-11,14-16,18H,2,6-7,12-13H2,(H-,22,23,24,27)/p+1. The normalized spacial score (nSPS) is 14.7. The highest BCUT2D eigenvalue weighted by Gasteiger charge is 2.26. The van der Waals surface area contributed by atoms with Gasteiger partial charge in [-0.2, -0.15) is 0 Å². The molecule has 0 aliphatic heterocycles. The second kappa shape index (κ2) is 8.03. The number of rotatable bonds is 4. The lowest BCUT2D eigenvalue weighted by Crippen LogP contribution is -2.42. The van der Waals surface area contributed by atoms with Crippen molar-refractivity contribution in [2.24, 2.45) is 0 Å². The van der Waals surface area contributed by atoms with Gasteiger partial charge in [-0.3, -0.25) is 5.32 Å². The van der Waals surface area contributed by atoms with Crippen molar-refractivity contribution in [2.75, 3.05) is 10.6 Å². The monoisotopic (exact) mass is 362 g/mol. The van der Waals surface area contributed by atoms with Crippen LogP contribution in [-0.2, 0) is 0 Å². The summed E-state index contributed by atoms with van der Waals surface area (Å²) >= 11 is 0. The molecule has 1 heterocycles.